The molecule has 0 spiro atoms. The number of nitrogens with one attached hydrogen (secondary N) is 1. The van der Waals surface area contributed by atoms with Crippen molar-refractivity contribution in [2.45, 2.75) is 43.6 Å². The van der Waals surface area contributed by atoms with Crippen molar-refractivity contribution >= 4 is 35.9 Å². The van der Waals surface area contributed by atoms with Crippen LogP contribution in [-0.2, 0) is 28.7 Å². The maximum absolute atomic E-state index is 13.2. The van der Waals surface area contributed by atoms with Gasteiger partial charge < -0.3 is 41.1 Å². The molecule has 15 heteroatoms. The second-order valence-corrected chi connectivity index (χ2v) is 8.96. The standard InChI is InChI=1S/C26H28N4O11/c1-13(31)41-24-20(23(34)30(24)21(26(37)38)15-2-6-16(32)7-3-15)29-22(33)18(12-28-39)14-4-8-17(9-5-14)40-11-10-19(27)25(35)36/h2-9,12,18-21,24,32,39H,10-11,27H2,1H3,(H,29,33)(H,35,36)(H,37,38)/b28-12-/t18?,19?,20-,21?,24+/m1/s1. The Morgan fingerprint density at radius 3 is 2.20 bits per heavy atom. The second kappa shape index (κ2) is 13.3. The van der Waals surface area contributed by atoms with E-state index < -0.39 is 60.0 Å². The van der Waals surface area contributed by atoms with E-state index in [1.54, 1.807) is 0 Å². The van der Waals surface area contributed by atoms with Crippen LogP contribution in [0.25, 0.3) is 0 Å². The number of likely N-dealkylation sites (tertiary alicyclic amines) is 1. The number of phenols is 1. The number of carbonyl (C=O) groups excluding carboxylic acids is 3. The van der Waals surface area contributed by atoms with Crippen molar-refractivity contribution in [2.75, 3.05) is 6.61 Å². The molecule has 1 saturated heterocycles. The van der Waals surface area contributed by atoms with Gasteiger partial charge >= 0.3 is 17.9 Å². The molecule has 0 aliphatic carbocycles. The number of aromatic hydroxyl groups is 1. The molecule has 1 aliphatic rings. The first-order valence-corrected chi connectivity index (χ1v) is 12.1. The van der Waals surface area contributed by atoms with Crippen LogP contribution in [-0.4, -0.2) is 86.3 Å². The molecule has 0 radical (unpaired) electrons. The first-order valence-electron chi connectivity index (χ1n) is 12.1. The fraction of sp³-hybridized carbons (Fsp3) is 0.308. The van der Waals surface area contributed by atoms with Gasteiger partial charge in [0, 0.05) is 13.3 Å². The molecule has 2 aromatic rings. The zero-order valence-electron chi connectivity index (χ0n) is 21.6. The van der Waals surface area contributed by atoms with Crippen molar-refractivity contribution in [3.63, 3.8) is 0 Å². The number of hydrogen-bond acceptors (Lipinski definition) is 11. The molecule has 218 valence electrons. The van der Waals surface area contributed by atoms with Gasteiger partial charge in [-0.1, -0.05) is 24.3 Å². The molecular formula is C26H28N4O11. The van der Waals surface area contributed by atoms with Crippen LogP contribution in [0.15, 0.2) is 53.7 Å². The average molecular weight is 573 g/mol. The van der Waals surface area contributed by atoms with Crippen LogP contribution in [0.1, 0.15) is 36.4 Å². The van der Waals surface area contributed by atoms with Crippen LogP contribution in [0.2, 0.25) is 0 Å². The summed E-state index contributed by atoms with van der Waals surface area (Å²) < 4.78 is 10.6. The summed E-state index contributed by atoms with van der Waals surface area (Å²) in [4.78, 5) is 61.7. The lowest BCUT2D eigenvalue weighted by atomic mass is 9.94. The number of β-lactam (4-membered cyclic amide) rings is 1. The molecule has 0 bridgehead atoms. The molecule has 2 aromatic carbocycles. The van der Waals surface area contributed by atoms with E-state index >= 15 is 0 Å². The Hall–Kier alpha value is -5.18. The highest BCUT2D eigenvalue weighted by Gasteiger charge is 2.56. The van der Waals surface area contributed by atoms with Gasteiger partial charge in [0.25, 0.3) is 5.91 Å². The molecule has 15 nitrogen and oxygen atoms in total. The van der Waals surface area contributed by atoms with E-state index in [-0.39, 0.29) is 24.3 Å². The van der Waals surface area contributed by atoms with E-state index in [2.05, 4.69) is 10.5 Å². The SMILES string of the molecule is CC(=O)O[C@H]1[C@H](NC(=O)C(/C=N\O)c2ccc(OCCC(N)C(=O)O)cc2)C(=O)N1C(C(=O)O)c1ccc(O)cc1. The lowest BCUT2D eigenvalue weighted by molar-refractivity contribution is -0.201. The highest BCUT2D eigenvalue weighted by molar-refractivity contribution is 6.03. The molecule has 41 heavy (non-hydrogen) atoms. The maximum Gasteiger partial charge on any atom is 0.331 e. The number of phenolic OH excluding ortho intramolecular Hbond substituents is 1. The average Bonchev–Trinajstić information content (AvgIpc) is 2.93. The summed E-state index contributed by atoms with van der Waals surface area (Å²) in [6.45, 7) is 1.07. The number of nitrogens with zero attached hydrogens (tertiary/aromatic N) is 2. The van der Waals surface area contributed by atoms with Crippen molar-refractivity contribution in [1.82, 2.24) is 10.2 Å². The van der Waals surface area contributed by atoms with Crippen LogP contribution in [0.4, 0.5) is 0 Å². The predicted molar refractivity (Wildman–Crippen MR) is 138 cm³/mol. The molecule has 3 unspecified atom stereocenters. The summed E-state index contributed by atoms with van der Waals surface area (Å²) in [6, 6.07) is 6.85. The first-order chi connectivity index (χ1) is 19.4. The van der Waals surface area contributed by atoms with Crippen LogP contribution in [0, 0.1) is 0 Å². The Balaban J connectivity index is 1.76. The van der Waals surface area contributed by atoms with Gasteiger partial charge in [-0.2, -0.15) is 0 Å². The van der Waals surface area contributed by atoms with Gasteiger partial charge in [0.1, 0.15) is 23.5 Å². The molecule has 1 aliphatic heterocycles. The van der Waals surface area contributed by atoms with Crippen molar-refractivity contribution in [1.29, 1.82) is 0 Å². The molecular weight excluding hydrogens is 544 g/mol. The fourth-order valence-corrected chi connectivity index (χ4v) is 4.08. The summed E-state index contributed by atoms with van der Waals surface area (Å²) in [7, 11) is 0. The van der Waals surface area contributed by atoms with E-state index in [0.29, 0.717) is 11.3 Å². The number of amides is 2. The molecule has 3 rings (SSSR count). The number of oxime groups is 1. The monoisotopic (exact) mass is 572 g/mol. The highest BCUT2D eigenvalue weighted by Crippen LogP contribution is 2.34. The number of ether oxygens (including phenoxy) is 2. The Bertz CT molecular complexity index is 1310. The Kier molecular flexibility index (Phi) is 9.81. The number of nitrogens with two attached hydrogens (primary N) is 1. The fourth-order valence-electron chi connectivity index (χ4n) is 4.08. The van der Waals surface area contributed by atoms with Gasteiger partial charge in [-0.15, -0.1) is 5.16 Å². The predicted octanol–water partition coefficient (Wildman–Crippen LogP) is 0.159. The van der Waals surface area contributed by atoms with E-state index in [1.807, 2.05) is 0 Å². The zero-order valence-corrected chi connectivity index (χ0v) is 21.6. The number of esters is 1. The summed E-state index contributed by atoms with van der Waals surface area (Å²) in [5.41, 5.74) is 5.86. The van der Waals surface area contributed by atoms with E-state index in [9.17, 15) is 34.2 Å². The minimum Gasteiger partial charge on any atom is -0.508 e. The van der Waals surface area contributed by atoms with Crippen molar-refractivity contribution in [3.05, 3.63) is 59.7 Å². The summed E-state index contributed by atoms with van der Waals surface area (Å²) in [5, 5.41) is 42.7. The number of aliphatic carboxylic acids is 2. The van der Waals surface area contributed by atoms with Gasteiger partial charge in [-0.3, -0.25) is 24.1 Å². The highest BCUT2D eigenvalue weighted by atomic mass is 16.6. The van der Waals surface area contributed by atoms with Gasteiger partial charge in [-0.25, -0.2) is 4.79 Å². The summed E-state index contributed by atoms with van der Waals surface area (Å²) in [6.07, 6.45) is -0.515. The van der Waals surface area contributed by atoms with Crippen LogP contribution >= 0.6 is 0 Å². The lowest BCUT2D eigenvalue weighted by Gasteiger charge is -2.48. The third kappa shape index (κ3) is 7.27. The maximum atomic E-state index is 13.2. The van der Waals surface area contributed by atoms with E-state index in [0.717, 1.165) is 18.0 Å². The minimum atomic E-state index is -1.59. The third-order valence-electron chi connectivity index (χ3n) is 6.14. The first kappa shape index (κ1) is 30.4. The number of rotatable bonds is 13. The number of benzene rings is 2. The molecule has 2 amide bonds. The van der Waals surface area contributed by atoms with Crippen molar-refractivity contribution in [2.24, 2.45) is 10.9 Å². The van der Waals surface area contributed by atoms with Crippen molar-refractivity contribution in [3.8, 4) is 11.5 Å². The quantitative estimate of drug-likeness (QED) is 0.0618. The van der Waals surface area contributed by atoms with E-state index in [4.69, 9.17) is 25.5 Å². The van der Waals surface area contributed by atoms with E-state index in [1.165, 1.54) is 48.5 Å². The van der Waals surface area contributed by atoms with Gasteiger partial charge in [0.05, 0.1) is 12.8 Å². The Morgan fingerprint density at radius 2 is 1.66 bits per heavy atom. The number of carbonyl (C=O) groups is 5. The van der Waals surface area contributed by atoms with Crippen molar-refractivity contribution < 1.29 is 54.0 Å². The number of hydrogen-bond donors (Lipinski definition) is 6. The molecule has 7 N–H and O–H groups in total. The van der Waals surface area contributed by atoms with Gasteiger partial charge in [0.15, 0.2) is 12.1 Å². The molecule has 1 heterocycles. The third-order valence-corrected chi connectivity index (χ3v) is 6.14. The second-order valence-electron chi connectivity index (χ2n) is 8.96. The van der Waals surface area contributed by atoms with Gasteiger partial charge in [0.2, 0.25) is 12.1 Å². The lowest BCUT2D eigenvalue weighted by Crippen LogP contribution is -2.73. The Morgan fingerprint density at radius 1 is 1.05 bits per heavy atom. The normalized spacial score (nSPS) is 18.6. The van der Waals surface area contributed by atoms with Crippen LogP contribution in [0.5, 0.6) is 11.5 Å². The smallest absolute Gasteiger partial charge is 0.331 e. The largest absolute Gasteiger partial charge is 0.508 e. The van der Waals surface area contributed by atoms with Crippen LogP contribution in [0.3, 0.4) is 0 Å². The topological polar surface area (TPSA) is 238 Å². The minimum absolute atomic E-state index is 0.0220. The number of carboxylic acids is 2. The Labute approximate surface area is 232 Å². The number of carboxylic acid groups (broad SMARTS) is 2. The van der Waals surface area contributed by atoms with Gasteiger partial charge in [-0.05, 0) is 35.4 Å². The summed E-state index contributed by atoms with van der Waals surface area (Å²) in [5.74, 6) is -6.12. The molecule has 5 atom stereocenters. The zero-order chi connectivity index (χ0) is 30.3. The molecule has 0 saturated carbocycles. The summed E-state index contributed by atoms with van der Waals surface area (Å²) >= 11 is 0. The molecule has 1 fully saturated rings. The molecule has 0 aromatic heterocycles. The van der Waals surface area contributed by atoms with Crippen LogP contribution < -0.4 is 15.8 Å².